The van der Waals surface area contributed by atoms with Crippen molar-refractivity contribution < 1.29 is 14.7 Å². The maximum atomic E-state index is 11.7. The first-order valence-electron chi connectivity index (χ1n) is 4.94. The number of urea groups is 1. The second-order valence-electron chi connectivity index (χ2n) is 3.69. The third kappa shape index (κ3) is 2.13. The van der Waals surface area contributed by atoms with Crippen LogP contribution in [0.25, 0.3) is 0 Å². The molecule has 1 aromatic heterocycles. The summed E-state index contributed by atoms with van der Waals surface area (Å²) in [7, 11) is 0. The Kier molecular flexibility index (Phi) is 2.76. The molecule has 0 bridgehead atoms. The lowest BCUT2D eigenvalue weighted by Crippen LogP contribution is -2.33. The number of carbonyl (C=O) groups excluding carboxylic acids is 1. The summed E-state index contributed by atoms with van der Waals surface area (Å²) in [6.45, 7) is 0.736. The van der Waals surface area contributed by atoms with E-state index in [0.717, 1.165) is 0 Å². The highest BCUT2D eigenvalue weighted by Gasteiger charge is 2.30. The van der Waals surface area contributed by atoms with Gasteiger partial charge in [0.05, 0.1) is 17.8 Å². The minimum atomic E-state index is -0.849. The summed E-state index contributed by atoms with van der Waals surface area (Å²) < 4.78 is 0. The molecular formula is C9H12N4O3. The minimum Gasteiger partial charge on any atom is -0.481 e. The Morgan fingerprint density at radius 2 is 2.44 bits per heavy atom. The van der Waals surface area contributed by atoms with Crippen molar-refractivity contribution in [3.8, 4) is 0 Å². The van der Waals surface area contributed by atoms with Gasteiger partial charge in [0.2, 0.25) is 0 Å². The molecule has 7 heteroatoms. The van der Waals surface area contributed by atoms with Crippen molar-refractivity contribution in [2.45, 2.75) is 6.42 Å². The molecule has 3 N–H and O–H groups in total. The first-order chi connectivity index (χ1) is 7.66. The number of anilines is 1. The maximum Gasteiger partial charge on any atom is 0.321 e. The minimum absolute atomic E-state index is 0.263. The lowest BCUT2D eigenvalue weighted by molar-refractivity contribution is -0.141. The molecule has 2 heterocycles. The highest BCUT2D eigenvalue weighted by atomic mass is 16.4. The van der Waals surface area contributed by atoms with Gasteiger partial charge in [0.15, 0.2) is 0 Å². The number of nitrogens with zero attached hydrogens (tertiary/aromatic N) is 2. The van der Waals surface area contributed by atoms with E-state index in [0.29, 0.717) is 18.7 Å². The molecule has 2 rings (SSSR count). The summed E-state index contributed by atoms with van der Waals surface area (Å²) in [6.07, 6.45) is 3.56. The van der Waals surface area contributed by atoms with E-state index in [1.165, 1.54) is 11.1 Å². The van der Waals surface area contributed by atoms with Gasteiger partial charge in [0.1, 0.15) is 0 Å². The topological polar surface area (TPSA) is 98.3 Å². The number of carboxylic acid groups (broad SMARTS) is 1. The largest absolute Gasteiger partial charge is 0.481 e. The van der Waals surface area contributed by atoms with E-state index in [1.807, 2.05) is 0 Å². The van der Waals surface area contributed by atoms with Crippen molar-refractivity contribution in [1.29, 1.82) is 0 Å². The van der Waals surface area contributed by atoms with Crippen LogP contribution in [0.4, 0.5) is 10.5 Å². The van der Waals surface area contributed by atoms with Gasteiger partial charge in [-0.15, -0.1) is 0 Å². The third-order valence-electron chi connectivity index (χ3n) is 2.57. The predicted molar refractivity (Wildman–Crippen MR) is 54.9 cm³/mol. The number of likely N-dealkylation sites (tertiary alicyclic amines) is 1. The van der Waals surface area contributed by atoms with E-state index in [-0.39, 0.29) is 12.6 Å². The number of carbonyl (C=O) groups is 2. The molecule has 1 aliphatic rings. The average Bonchev–Trinajstić information content (AvgIpc) is 2.86. The van der Waals surface area contributed by atoms with Crippen molar-refractivity contribution >= 4 is 17.7 Å². The zero-order valence-electron chi connectivity index (χ0n) is 8.51. The summed E-state index contributed by atoms with van der Waals surface area (Å²) in [5.74, 6) is -1.30. The Morgan fingerprint density at radius 1 is 1.62 bits per heavy atom. The fourth-order valence-electron chi connectivity index (χ4n) is 1.67. The summed E-state index contributed by atoms with van der Waals surface area (Å²) >= 11 is 0. The molecule has 2 amide bonds. The van der Waals surface area contributed by atoms with Crippen molar-refractivity contribution in [3.63, 3.8) is 0 Å². The molecule has 16 heavy (non-hydrogen) atoms. The average molecular weight is 224 g/mol. The summed E-state index contributed by atoms with van der Waals surface area (Å²) in [4.78, 5) is 23.9. The van der Waals surface area contributed by atoms with Crippen LogP contribution < -0.4 is 5.32 Å². The number of carboxylic acids is 1. The van der Waals surface area contributed by atoms with Gasteiger partial charge < -0.3 is 15.3 Å². The van der Waals surface area contributed by atoms with Crippen LogP contribution in [0.15, 0.2) is 12.4 Å². The fourth-order valence-corrected chi connectivity index (χ4v) is 1.67. The Labute approximate surface area is 91.4 Å². The van der Waals surface area contributed by atoms with Gasteiger partial charge in [0.25, 0.3) is 0 Å². The third-order valence-corrected chi connectivity index (χ3v) is 2.57. The number of hydrogen-bond acceptors (Lipinski definition) is 3. The van der Waals surface area contributed by atoms with Crippen LogP contribution in [0, 0.1) is 5.92 Å². The van der Waals surface area contributed by atoms with Gasteiger partial charge in [-0.3, -0.25) is 9.89 Å². The van der Waals surface area contributed by atoms with Crippen LogP contribution in [-0.4, -0.2) is 45.3 Å². The van der Waals surface area contributed by atoms with E-state index < -0.39 is 11.9 Å². The van der Waals surface area contributed by atoms with Crippen molar-refractivity contribution in [3.05, 3.63) is 12.4 Å². The SMILES string of the molecule is O=C(O)C1CCN(C(=O)Nc2cn[nH]c2)C1. The Bertz CT molecular complexity index is 389. The van der Waals surface area contributed by atoms with Gasteiger partial charge in [-0.1, -0.05) is 0 Å². The predicted octanol–water partition coefficient (Wildman–Crippen LogP) is 0.348. The normalized spacial score (nSPS) is 19.8. The Balaban J connectivity index is 1.90. The van der Waals surface area contributed by atoms with E-state index in [4.69, 9.17) is 5.11 Å². The first-order valence-corrected chi connectivity index (χ1v) is 4.94. The monoisotopic (exact) mass is 224 g/mol. The highest BCUT2D eigenvalue weighted by Crippen LogP contribution is 2.17. The van der Waals surface area contributed by atoms with E-state index in [9.17, 15) is 9.59 Å². The summed E-state index contributed by atoms with van der Waals surface area (Å²) in [5.41, 5.74) is 0.573. The smallest absolute Gasteiger partial charge is 0.321 e. The van der Waals surface area contributed by atoms with Gasteiger partial charge >= 0.3 is 12.0 Å². The second kappa shape index (κ2) is 4.21. The van der Waals surface area contributed by atoms with Gasteiger partial charge in [0, 0.05) is 19.3 Å². The van der Waals surface area contributed by atoms with Crippen molar-refractivity contribution in [1.82, 2.24) is 15.1 Å². The first kappa shape index (κ1) is 10.5. The lowest BCUT2D eigenvalue weighted by Gasteiger charge is -2.15. The molecule has 0 radical (unpaired) electrons. The van der Waals surface area contributed by atoms with Gasteiger partial charge in [-0.05, 0) is 6.42 Å². The molecule has 1 aromatic rings. The molecule has 7 nitrogen and oxygen atoms in total. The molecule has 1 atom stereocenters. The van der Waals surface area contributed by atoms with Crippen LogP contribution in [0.5, 0.6) is 0 Å². The zero-order valence-corrected chi connectivity index (χ0v) is 8.51. The number of amides is 2. The van der Waals surface area contributed by atoms with Gasteiger partial charge in [-0.25, -0.2) is 4.79 Å². The van der Waals surface area contributed by atoms with Crippen molar-refractivity contribution in [2.75, 3.05) is 18.4 Å². The van der Waals surface area contributed by atoms with Crippen LogP contribution in [0.3, 0.4) is 0 Å². The van der Waals surface area contributed by atoms with E-state index in [1.54, 1.807) is 6.20 Å². The number of nitrogens with one attached hydrogen (secondary N) is 2. The van der Waals surface area contributed by atoms with Crippen LogP contribution in [0.1, 0.15) is 6.42 Å². The number of hydrogen-bond donors (Lipinski definition) is 3. The Morgan fingerprint density at radius 3 is 3.00 bits per heavy atom. The molecule has 0 aliphatic carbocycles. The molecule has 86 valence electrons. The fraction of sp³-hybridized carbons (Fsp3) is 0.444. The quantitative estimate of drug-likeness (QED) is 0.675. The molecular weight excluding hydrogens is 212 g/mol. The molecule has 1 aliphatic heterocycles. The second-order valence-corrected chi connectivity index (χ2v) is 3.69. The number of aliphatic carboxylic acids is 1. The van der Waals surface area contributed by atoms with Gasteiger partial charge in [-0.2, -0.15) is 5.10 Å². The van der Waals surface area contributed by atoms with Crippen LogP contribution in [-0.2, 0) is 4.79 Å². The summed E-state index contributed by atoms with van der Waals surface area (Å²) in [6, 6.07) is -0.287. The number of rotatable bonds is 2. The Hall–Kier alpha value is -2.05. The molecule has 0 spiro atoms. The van der Waals surface area contributed by atoms with Crippen molar-refractivity contribution in [2.24, 2.45) is 5.92 Å². The van der Waals surface area contributed by atoms with E-state index in [2.05, 4.69) is 15.5 Å². The van der Waals surface area contributed by atoms with Crippen LogP contribution >= 0.6 is 0 Å². The standard InChI is InChI=1S/C9H12N4O3/c14-8(15)6-1-2-13(5-6)9(16)12-7-3-10-11-4-7/h3-4,6H,1-2,5H2,(H,10,11)(H,12,16)(H,14,15). The molecule has 1 saturated heterocycles. The molecule has 1 fully saturated rings. The zero-order chi connectivity index (χ0) is 11.5. The van der Waals surface area contributed by atoms with E-state index >= 15 is 0 Å². The lowest BCUT2D eigenvalue weighted by atomic mass is 10.1. The highest BCUT2D eigenvalue weighted by molar-refractivity contribution is 5.89. The molecule has 0 saturated carbocycles. The molecule has 0 aromatic carbocycles. The number of aromatic amines is 1. The summed E-state index contributed by atoms with van der Waals surface area (Å²) in [5, 5.41) is 17.7. The number of H-pyrrole nitrogens is 1. The van der Waals surface area contributed by atoms with Crippen LogP contribution in [0.2, 0.25) is 0 Å². The maximum absolute atomic E-state index is 11.7. The number of aromatic nitrogens is 2. The molecule has 1 unspecified atom stereocenters.